The first-order chi connectivity index (χ1) is 17.4. The van der Waals surface area contributed by atoms with E-state index in [2.05, 4.69) is 15.5 Å². The molecule has 0 unspecified atom stereocenters. The van der Waals surface area contributed by atoms with E-state index in [-0.39, 0.29) is 28.1 Å². The fraction of sp³-hybridized carbons (Fsp3) is 0.300. The van der Waals surface area contributed by atoms with Crippen molar-refractivity contribution in [3.63, 3.8) is 0 Å². The third-order valence-electron chi connectivity index (χ3n) is 6.06. The van der Waals surface area contributed by atoms with Gasteiger partial charge in [-0.1, -0.05) is 89.7 Å². The third kappa shape index (κ3) is 6.05. The maximum absolute atomic E-state index is 13.5. The smallest absolute Gasteiger partial charge is 0.234 e. The van der Waals surface area contributed by atoms with E-state index in [1.165, 1.54) is 11.8 Å². The molecule has 0 amide bonds. The molecule has 1 aromatic heterocycles. The molecule has 0 saturated heterocycles. The Morgan fingerprint density at radius 1 is 0.865 bits per heavy atom. The average Bonchev–Trinajstić information content (AvgIpc) is 3.24. The molecule has 1 heterocycles. The number of hydrogen-bond donors (Lipinski definition) is 2. The zero-order valence-electron chi connectivity index (χ0n) is 22.2. The van der Waals surface area contributed by atoms with E-state index in [0.29, 0.717) is 16.7 Å². The van der Waals surface area contributed by atoms with Crippen LogP contribution in [0, 0.1) is 0 Å². The van der Waals surface area contributed by atoms with Crippen molar-refractivity contribution >= 4 is 29.2 Å². The zero-order chi connectivity index (χ0) is 26.8. The maximum Gasteiger partial charge on any atom is 0.234 e. The van der Waals surface area contributed by atoms with Gasteiger partial charge in [0.25, 0.3) is 0 Å². The number of hydrogen-bond acceptors (Lipinski definition) is 6. The number of anilines is 2. The fourth-order valence-electron chi connectivity index (χ4n) is 4.06. The Hall–Kier alpha value is -3.58. The number of benzene rings is 3. The number of carbonyl (C=O) groups is 1. The Morgan fingerprint density at radius 3 is 1.95 bits per heavy atom. The molecular formula is C30H34N4O2S. The molecule has 4 aromatic rings. The number of aromatic hydroxyl groups is 1. The molecular weight excluding hydrogens is 480 g/mol. The van der Waals surface area contributed by atoms with E-state index in [1.807, 2.05) is 119 Å². The number of para-hydroxylation sites is 2. The molecule has 37 heavy (non-hydrogen) atoms. The van der Waals surface area contributed by atoms with Crippen LogP contribution in [0.25, 0.3) is 5.69 Å². The van der Waals surface area contributed by atoms with Gasteiger partial charge in [0.1, 0.15) is 5.75 Å². The largest absolute Gasteiger partial charge is 0.507 e. The van der Waals surface area contributed by atoms with Gasteiger partial charge in [0.15, 0.2) is 10.9 Å². The van der Waals surface area contributed by atoms with Gasteiger partial charge in [-0.05, 0) is 47.2 Å². The molecule has 0 aliphatic rings. The number of carbonyl (C=O) groups excluding carboxylic acids is 1. The number of ketones is 1. The van der Waals surface area contributed by atoms with Crippen LogP contribution in [0.4, 0.5) is 11.6 Å². The van der Waals surface area contributed by atoms with Gasteiger partial charge in [-0.25, -0.2) is 0 Å². The summed E-state index contributed by atoms with van der Waals surface area (Å²) in [6.45, 7) is 12.3. The number of nitrogens with zero attached hydrogens (tertiary/aromatic N) is 3. The van der Waals surface area contributed by atoms with Gasteiger partial charge in [0.2, 0.25) is 5.95 Å². The van der Waals surface area contributed by atoms with Crippen molar-refractivity contribution in [1.82, 2.24) is 14.8 Å². The van der Waals surface area contributed by atoms with Crippen LogP contribution in [0.15, 0.2) is 78.0 Å². The predicted octanol–water partition coefficient (Wildman–Crippen LogP) is 7.29. The van der Waals surface area contributed by atoms with Gasteiger partial charge >= 0.3 is 0 Å². The average molecular weight is 515 g/mol. The first-order valence-corrected chi connectivity index (χ1v) is 13.3. The number of thioether (sulfide) groups is 1. The van der Waals surface area contributed by atoms with Crippen LogP contribution in [-0.4, -0.2) is 31.4 Å². The Morgan fingerprint density at radius 2 is 1.41 bits per heavy atom. The monoisotopic (exact) mass is 514 g/mol. The van der Waals surface area contributed by atoms with E-state index in [1.54, 1.807) is 0 Å². The Balaban J connectivity index is 1.65. The normalized spacial score (nSPS) is 11.9. The van der Waals surface area contributed by atoms with Crippen LogP contribution in [0.5, 0.6) is 5.75 Å². The lowest BCUT2D eigenvalue weighted by molar-refractivity contribution is 0.102. The molecule has 0 fully saturated rings. The molecule has 192 valence electrons. The lowest BCUT2D eigenvalue weighted by Gasteiger charge is -2.28. The van der Waals surface area contributed by atoms with Crippen molar-refractivity contribution in [3.05, 3.63) is 89.5 Å². The third-order valence-corrected chi connectivity index (χ3v) is 6.99. The van der Waals surface area contributed by atoms with E-state index >= 15 is 0 Å². The van der Waals surface area contributed by atoms with Crippen LogP contribution in [0.2, 0.25) is 0 Å². The number of phenolic OH excluding ortho intramolecular Hbond substituents is 1. The van der Waals surface area contributed by atoms with Crippen molar-refractivity contribution < 1.29 is 9.90 Å². The van der Waals surface area contributed by atoms with E-state index in [9.17, 15) is 9.90 Å². The highest BCUT2D eigenvalue weighted by Gasteiger charge is 2.28. The minimum absolute atomic E-state index is 0.0267. The van der Waals surface area contributed by atoms with Crippen LogP contribution in [-0.2, 0) is 10.8 Å². The van der Waals surface area contributed by atoms with E-state index in [4.69, 9.17) is 0 Å². The first-order valence-electron chi connectivity index (χ1n) is 12.3. The van der Waals surface area contributed by atoms with Crippen molar-refractivity contribution in [2.24, 2.45) is 0 Å². The van der Waals surface area contributed by atoms with Gasteiger partial charge in [-0.3, -0.25) is 9.36 Å². The van der Waals surface area contributed by atoms with Crippen LogP contribution >= 0.6 is 11.8 Å². The van der Waals surface area contributed by atoms with E-state index in [0.717, 1.165) is 22.5 Å². The summed E-state index contributed by atoms with van der Waals surface area (Å²) >= 11 is 1.34. The molecule has 0 radical (unpaired) electrons. The van der Waals surface area contributed by atoms with Gasteiger partial charge in [-0.15, -0.1) is 10.2 Å². The summed E-state index contributed by atoms with van der Waals surface area (Å²) in [7, 11) is 0. The molecule has 4 rings (SSSR count). The number of phenols is 1. The lowest BCUT2D eigenvalue weighted by atomic mass is 9.78. The molecule has 0 spiro atoms. The highest BCUT2D eigenvalue weighted by Crippen LogP contribution is 2.40. The molecule has 3 aromatic carbocycles. The fourth-order valence-corrected chi connectivity index (χ4v) is 4.90. The van der Waals surface area contributed by atoms with E-state index < -0.39 is 0 Å². The number of rotatable bonds is 7. The van der Waals surface area contributed by atoms with Crippen LogP contribution in [0.1, 0.15) is 63.0 Å². The summed E-state index contributed by atoms with van der Waals surface area (Å²) in [5, 5.41) is 23.7. The summed E-state index contributed by atoms with van der Waals surface area (Å²) in [5.74, 6) is 1.00. The zero-order valence-corrected chi connectivity index (χ0v) is 23.1. The van der Waals surface area contributed by atoms with Gasteiger partial charge in [0, 0.05) is 22.4 Å². The second kappa shape index (κ2) is 10.4. The van der Waals surface area contributed by atoms with Crippen LogP contribution in [0.3, 0.4) is 0 Å². The summed E-state index contributed by atoms with van der Waals surface area (Å²) in [4.78, 5) is 13.5. The summed E-state index contributed by atoms with van der Waals surface area (Å²) in [6, 6.07) is 23.3. The molecule has 7 heteroatoms. The molecule has 0 aliphatic carbocycles. The first kappa shape index (κ1) is 26.5. The summed E-state index contributed by atoms with van der Waals surface area (Å²) in [5.41, 5.74) is 3.32. The van der Waals surface area contributed by atoms with Crippen LogP contribution < -0.4 is 5.32 Å². The molecule has 6 nitrogen and oxygen atoms in total. The number of nitrogens with one attached hydrogen (secondary N) is 1. The van der Waals surface area contributed by atoms with Crippen molar-refractivity contribution in [2.45, 2.75) is 57.5 Å². The second-order valence-corrected chi connectivity index (χ2v) is 12.0. The number of Topliss-reactive ketones (excluding diaryl/α,β-unsaturated/α-hetero) is 1. The van der Waals surface area contributed by atoms with Gasteiger partial charge in [-0.2, -0.15) is 0 Å². The quantitative estimate of drug-likeness (QED) is 0.199. The topological polar surface area (TPSA) is 80.0 Å². The predicted molar refractivity (Wildman–Crippen MR) is 152 cm³/mol. The van der Waals surface area contributed by atoms with Crippen molar-refractivity contribution in [3.8, 4) is 11.4 Å². The molecule has 0 atom stereocenters. The highest BCUT2D eigenvalue weighted by atomic mass is 32.2. The Kier molecular flexibility index (Phi) is 7.46. The highest BCUT2D eigenvalue weighted by molar-refractivity contribution is 7.99. The minimum Gasteiger partial charge on any atom is -0.507 e. The molecule has 0 bridgehead atoms. The van der Waals surface area contributed by atoms with Gasteiger partial charge < -0.3 is 10.4 Å². The standard InChI is InChI=1S/C30H34N4O2S/c1-29(2,3)23-17-20(18-24(26(23)36)30(4,5)6)25(35)19-37-28-33-32-27(31-21-13-9-7-10-14-21)34(28)22-15-11-8-12-16-22/h7-18,36H,19H2,1-6H3,(H,31,32). The Bertz CT molecular complexity index is 1350. The van der Waals surface area contributed by atoms with Crippen molar-refractivity contribution in [1.29, 1.82) is 0 Å². The minimum atomic E-state index is -0.307. The van der Waals surface area contributed by atoms with Gasteiger partial charge in [0.05, 0.1) is 11.4 Å². The summed E-state index contributed by atoms with van der Waals surface area (Å²) in [6.07, 6.45) is 0. The lowest BCUT2D eigenvalue weighted by Crippen LogP contribution is -2.19. The summed E-state index contributed by atoms with van der Waals surface area (Å²) < 4.78 is 1.92. The molecule has 0 saturated carbocycles. The molecule has 0 aliphatic heterocycles. The number of aromatic nitrogens is 3. The van der Waals surface area contributed by atoms with Crippen molar-refractivity contribution in [2.75, 3.05) is 11.1 Å². The molecule has 2 N–H and O–H groups in total. The second-order valence-electron chi connectivity index (χ2n) is 11.1. The maximum atomic E-state index is 13.5. The SMILES string of the molecule is CC(C)(C)c1cc(C(=O)CSc2nnc(Nc3ccccc3)n2-c2ccccc2)cc(C(C)(C)C)c1O. The Labute approximate surface area is 223 Å².